The third-order valence-electron chi connectivity index (χ3n) is 6.60. The van der Waals surface area contributed by atoms with Gasteiger partial charge in [-0.2, -0.15) is 0 Å². The lowest BCUT2D eigenvalue weighted by Gasteiger charge is -2.38. The molecular weight excluding hydrogens is 422 g/mol. The molecule has 1 amide bonds. The number of carbonyl (C=O) groups is 2. The van der Waals surface area contributed by atoms with Gasteiger partial charge >= 0.3 is 5.97 Å². The molecule has 0 radical (unpaired) electrons. The average Bonchev–Trinajstić information content (AvgIpc) is 3.15. The number of nitrogens with one attached hydrogen (secondary N) is 1. The fourth-order valence-corrected chi connectivity index (χ4v) is 5.71. The smallest absolute Gasteiger partial charge is 0.350 e. The fraction of sp³-hybridized carbons (Fsp3) is 0.692. The maximum atomic E-state index is 13.0. The first-order valence-electron chi connectivity index (χ1n) is 11.9. The third-order valence-corrected chi connectivity index (χ3v) is 7.63. The second-order valence-corrected chi connectivity index (χ2v) is 11.6. The summed E-state index contributed by atoms with van der Waals surface area (Å²) in [6, 6.07) is 1.76. The molecule has 5 nitrogen and oxygen atoms in total. The molecule has 2 aliphatic carbocycles. The summed E-state index contributed by atoms with van der Waals surface area (Å²) in [7, 11) is 1.34. The van der Waals surface area contributed by atoms with Crippen LogP contribution in [0.25, 0.3) is 0 Å². The largest absolute Gasteiger partial charge is 0.465 e. The lowest BCUT2D eigenvalue weighted by atomic mass is 9.72. The zero-order valence-corrected chi connectivity index (χ0v) is 20.7. The normalized spacial score (nSPS) is 24.3. The predicted octanol–water partition coefficient (Wildman–Crippen LogP) is 5.76. The first kappa shape index (κ1) is 24.8. The van der Waals surface area contributed by atoms with Gasteiger partial charge in [-0.3, -0.25) is 4.79 Å². The molecular formula is C26H37NO4S. The predicted molar refractivity (Wildman–Crippen MR) is 129 cm³/mol. The van der Waals surface area contributed by atoms with Gasteiger partial charge in [0.15, 0.2) is 0 Å². The molecule has 3 rings (SSSR count). The van der Waals surface area contributed by atoms with E-state index in [-0.39, 0.29) is 17.2 Å². The number of thiophene rings is 1. The Morgan fingerprint density at radius 3 is 2.44 bits per heavy atom. The summed E-state index contributed by atoms with van der Waals surface area (Å²) in [5.41, 5.74) is -0.322. The van der Waals surface area contributed by atoms with E-state index in [9.17, 15) is 14.7 Å². The van der Waals surface area contributed by atoms with Gasteiger partial charge in [-0.15, -0.1) is 11.3 Å². The van der Waals surface area contributed by atoms with Gasteiger partial charge < -0.3 is 15.2 Å². The van der Waals surface area contributed by atoms with Crippen molar-refractivity contribution in [3.8, 4) is 11.8 Å². The first-order valence-corrected chi connectivity index (χ1v) is 12.7. The second-order valence-electron chi connectivity index (χ2n) is 10.5. The maximum absolute atomic E-state index is 13.0. The lowest BCUT2D eigenvalue weighted by Crippen LogP contribution is -2.39. The molecule has 1 aromatic rings. The highest BCUT2D eigenvalue weighted by molar-refractivity contribution is 7.15. The fourth-order valence-electron chi connectivity index (χ4n) is 4.82. The first-order chi connectivity index (χ1) is 15.1. The van der Waals surface area contributed by atoms with Crippen LogP contribution in [0, 0.1) is 29.1 Å². The summed E-state index contributed by atoms with van der Waals surface area (Å²) >= 11 is 1.24. The Kier molecular flexibility index (Phi) is 8.06. The summed E-state index contributed by atoms with van der Waals surface area (Å²) in [5.74, 6) is 6.17. The molecule has 1 aromatic heterocycles. The van der Waals surface area contributed by atoms with Crippen LogP contribution in [0.4, 0.5) is 5.69 Å². The Bertz CT molecular complexity index is 872. The molecule has 0 unspecified atom stereocenters. The summed E-state index contributed by atoms with van der Waals surface area (Å²) < 4.78 is 4.90. The second kappa shape index (κ2) is 10.4. The van der Waals surface area contributed by atoms with Gasteiger partial charge in [-0.05, 0) is 64.9 Å². The summed E-state index contributed by atoms with van der Waals surface area (Å²) in [4.78, 5) is 26.3. The average molecular weight is 460 g/mol. The molecule has 0 aliphatic heterocycles. The van der Waals surface area contributed by atoms with Gasteiger partial charge in [-0.25, -0.2) is 4.79 Å². The third kappa shape index (κ3) is 6.83. The lowest BCUT2D eigenvalue weighted by molar-refractivity contribution is -0.123. The molecule has 0 bridgehead atoms. The number of anilines is 1. The number of carbonyl (C=O) groups excluding carboxylic acids is 2. The SMILES string of the molecule is COC(=O)c1sc(C#CC(C)(C)C)cc1NC(=O)C1CCC(O)(CC2CCCCC2)CC1. The number of methoxy groups -OCH3 is 1. The number of ether oxygens (including phenoxy) is 1. The number of esters is 1. The van der Waals surface area contributed by atoms with Gasteiger partial charge in [-0.1, -0.05) is 43.9 Å². The number of amides is 1. The van der Waals surface area contributed by atoms with Gasteiger partial charge in [0, 0.05) is 11.3 Å². The number of aliphatic hydroxyl groups is 1. The summed E-state index contributed by atoms with van der Waals surface area (Å²) in [6.45, 7) is 6.07. The number of rotatable bonds is 5. The van der Waals surface area contributed by atoms with Crippen LogP contribution in [0.3, 0.4) is 0 Å². The molecule has 0 saturated heterocycles. The van der Waals surface area contributed by atoms with Crippen LogP contribution in [0.15, 0.2) is 6.07 Å². The standard InChI is InChI=1S/C26H37NO4S/c1-25(2,3)13-12-20-16-21(22(32-20)24(29)31-4)27-23(28)19-10-14-26(30,15-11-19)17-18-8-6-5-7-9-18/h16,18-19,30H,5-11,14-15,17H2,1-4H3,(H,27,28). The van der Waals surface area contributed by atoms with Crippen LogP contribution < -0.4 is 5.32 Å². The minimum absolute atomic E-state index is 0.0944. The molecule has 6 heteroatoms. The minimum atomic E-state index is -0.631. The molecule has 1 heterocycles. The van der Waals surface area contributed by atoms with Crippen molar-refractivity contribution in [1.82, 2.24) is 0 Å². The minimum Gasteiger partial charge on any atom is -0.465 e. The summed E-state index contributed by atoms with van der Waals surface area (Å²) in [5, 5.41) is 14.0. The highest BCUT2D eigenvalue weighted by Crippen LogP contribution is 2.40. The Morgan fingerprint density at radius 2 is 1.84 bits per heavy atom. The molecule has 2 N–H and O–H groups in total. The van der Waals surface area contributed by atoms with E-state index in [4.69, 9.17) is 4.74 Å². The zero-order valence-electron chi connectivity index (χ0n) is 19.9. The summed E-state index contributed by atoms with van der Waals surface area (Å²) in [6.07, 6.45) is 9.85. The molecule has 2 fully saturated rings. The Morgan fingerprint density at radius 1 is 1.19 bits per heavy atom. The Labute approximate surface area is 196 Å². The zero-order chi connectivity index (χ0) is 23.4. The highest BCUT2D eigenvalue weighted by atomic mass is 32.1. The molecule has 176 valence electrons. The molecule has 2 saturated carbocycles. The van der Waals surface area contributed by atoms with Crippen molar-refractivity contribution in [3.63, 3.8) is 0 Å². The Hall–Kier alpha value is -1.84. The molecule has 2 aliphatic rings. The van der Waals surface area contributed by atoms with Crippen LogP contribution in [0.5, 0.6) is 0 Å². The van der Waals surface area contributed by atoms with E-state index in [0.29, 0.717) is 42.2 Å². The van der Waals surface area contributed by atoms with Crippen LogP contribution in [-0.4, -0.2) is 29.7 Å². The van der Waals surface area contributed by atoms with Crippen molar-refractivity contribution >= 4 is 28.9 Å². The van der Waals surface area contributed by atoms with Crippen molar-refractivity contribution in [1.29, 1.82) is 0 Å². The topological polar surface area (TPSA) is 75.6 Å². The Balaban J connectivity index is 1.63. The number of hydrogen-bond acceptors (Lipinski definition) is 5. The molecule has 0 atom stereocenters. The molecule has 0 aromatic carbocycles. The van der Waals surface area contributed by atoms with Crippen molar-refractivity contribution in [2.24, 2.45) is 17.3 Å². The maximum Gasteiger partial charge on any atom is 0.350 e. The van der Waals surface area contributed by atoms with E-state index in [1.807, 2.05) is 20.8 Å². The quantitative estimate of drug-likeness (QED) is 0.433. The van der Waals surface area contributed by atoms with Crippen molar-refractivity contribution < 1.29 is 19.4 Å². The van der Waals surface area contributed by atoms with Crippen molar-refractivity contribution in [2.75, 3.05) is 12.4 Å². The van der Waals surface area contributed by atoms with E-state index in [2.05, 4.69) is 17.2 Å². The van der Waals surface area contributed by atoms with Gasteiger partial charge in [0.25, 0.3) is 0 Å². The van der Waals surface area contributed by atoms with Gasteiger partial charge in [0.1, 0.15) is 4.88 Å². The van der Waals surface area contributed by atoms with Crippen molar-refractivity contribution in [2.45, 2.75) is 90.6 Å². The van der Waals surface area contributed by atoms with E-state index < -0.39 is 11.6 Å². The molecule has 32 heavy (non-hydrogen) atoms. The monoisotopic (exact) mass is 459 g/mol. The van der Waals surface area contributed by atoms with Gasteiger partial charge in [0.2, 0.25) is 5.91 Å². The van der Waals surface area contributed by atoms with Crippen molar-refractivity contribution in [3.05, 3.63) is 15.8 Å². The van der Waals surface area contributed by atoms with Crippen LogP contribution in [0.1, 0.15) is 99.5 Å². The number of hydrogen-bond donors (Lipinski definition) is 2. The van der Waals surface area contributed by atoms with E-state index in [1.54, 1.807) is 6.07 Å². The van der Waals surface area contributed by atoms with E-state index in [0.717, 1.165) is 11.3 Å². The molecule has 0 spiro atoms. The highest BCUT2D eigenvalue weighted by Gasteiger charge is 2.38. The van der Waals surface area contributed by atoms with Crippen LogP contribution in [0.2, 0.25) is 0 Å². The van der Waals surface area contributed by atoms with Gasteiger partial charge in [0.05, 0.1) is 23.3 Å². The van der Waals surface area contributed by atoms with E-state index >= 15 is 0 Å². The van der Waals surface area contributed by atoms with Crippen LogP contribution in [-0.2, 0) is 9.53 Å². The van der Waals surface area contributed by atoms with E-state index in [1.165, 1.54) is 50.6 Å². The van der Waals surface area contributed by atoms with Crippen LogP contribution >= 0.6 is 11.3 Å².